The number of piperazine rings is 1. The summed E-state index contributed by atoms with van der Waals surface area (Å²) >= 11 is 0. The van der Waals surface area contributed by atoms with Crippen molar-refractivity contribution in [2.75, 3.05) is 45.9 Å². The Kier molecular flexibility index (Phi) is 5.43. The average molecular weight is 298 g/mol. The number of nitrogens with zero attached hydrogens (tertiary/aromatic N) is 2. The van der Waals surface area contributed by atoms with Crippen LogP contribution in [0.5, 0.6) is 0 Å². The number of hydrogen-bond acceptors (Lipinski definition) is 3. The van der Waals surface area contributed by atoms with Crippen LogP contribution in [0.2, 0.25) is 0 Å². The molecule has 2 aromatic carbocycles. The van der Waals surface area contributed by atoms with E-state index in [0.29, 0.717) is 0 Å². The first-order valence-electron chi connectivity index (χ1n) is 8.35. The number of hydrogen-bond donors (Lipinski definition) is 0. The van der Waals surface area contributed by atoms with Gasteiger partial charge in [0, 0.05) is 45.9 Å². The van der Waals surface area contributed by atoms with Gasteiger partial charge < -0.3 is 4.74 Å². The SMILES string of the molecule is CCOCCN1CCN(Cc2ccc3ccccc3c2)CC1. The third-order valence-electron chi connectivity index (χ3n) is 4.44. The lowest BCUT2D eigenvalue weighted by molar-refractivity contribution is 0.0786. The predicted octanol–water partition coefficient (Wildman–Crippen LogP) is 2.99. The second-order valence-corrected chi connectivity index (χ2v) is 6.00. The number of fused-ring (bicyclic) bond motifs is 1. The third-order valence-corrected chi connectivity index (χ3v) is 4.44. The molecular formula is C19H26N2O. The van der Waals surface area contributed by atoms with Crippen LogP contribution in [0.3, 0.4) is 0 Å². The highest BCUT2D eigenvalue weighted by Crippen LogP contribution is 2.17. The maximum Gasteiger partial charge on any atom is 0.0593 e. The van der Waals surface area contributed by atoms with Crippen LogP contribution >= 0.6 is 0 Å². The van der Waals surface area contributed by atoms with Crippen LogP contribution in [0, 0.1) is 0 Å². The average Bonchev–Trinajstić information content (AvgIpc) is 2.57. The summed E-state index contributed by atoms with van der Waals surface area (Å²) < 4.78 is 5.44. The van der Waals surface area contributed by atoms with Crippen LogP contribution in [-0.2, 0) is 11.3 Å². The molecule has 0 spiro atoms. The molecular weight excluding hydrogens is 272 g/mol. The van der Waals surface area contributed by atoms with Gasteiger partial charge in [0.1, 0.15) is 0 Å². The monoisotopic (exact) mass is 298 g/mol. The minimum Gasteiger partial charge on any atom is -0.380 e. The van der Waals surface area contributed by atoms with Crippen molar-refractivity contribution in [1.82, 2.24) is 9.80 Å². The van der Waals surface area contributed by atoms with Gasteiger partial charge in [0.25, 0.3) is 0 Å². The molecule has 1 aliphatic rings. The van der Waals surface area contributed by atoms with Crippen LogP contribution in [0.25, 0.3) is 10.8 Å². The first-order valence-corrected chi connectivity index (χ1v) is 8.35. The second-order valence-electron chi connectivity index (χ2n) is 6.00. The molecule has 22 heavy (non-hydrogen) atoms. The number of benzene rings is 2. The van der Waals surface area contributed by atoms with Crippen LogP contribution in [0.4, 0.5) is 0 Å². The summed E-state index contributed by atoms with van der Waals surface area (Å²) in [6.45, 7) is 10.5. The summed E-state index contributed by atoms with van der Waals surface area (Å²) in [4.78, 5) is 5.06. The Labute approximate surface area is 133 Å². The lowest BCUT2D eigenvalue weighted by Crippen LogP contribution is -2.46. The molecule has 3 nitrogen and oxygen atoms in total. The van der Waals surface area contributed by atoms with Crippen molar-refractivity contribution in [3.8, 4) is 0 Å². The van der Waals surface area contributed by atoms with Crippen molar-refractivity contribution in [2.24, 2.45) is 0 Å². The van der Waals surface area contributed by atoms with Gasteiger partial charge in [0.05, 0.1) is 6.61 Å². The maximum absolute atomic E-state index is 5.44. The highest BCUT2D eigenvalue weighted by Gasteiger charge is 2.16. The van der Waals surface area contributed by atoms with Gasteiger partial charge in [0.15, 0.2) is 0 Å². The molecule has 2 aromatic rings. The van der Waals surface area contributed by atoms with Crippen LogP contribution < -0.4 is 0 Å². The van der Waals surface area contributed by atoms with E-state index in [9.17, 15) is 0 Å². The summed E-state index contributed by atoms with van der Waals surface area (Å²) in [7, 11) is 0. The first-order chi connectivity index (χ1) is 10.8. The van der Waals surface area contributed by atoms with E-state index >= 15 is 0 Å². The topological polar surface area (TPSA) is 15.7 Å². The molecule has 0 aliphatic carbocycles. The van der Waals surface area contributed by atoms with E-state index in [-0.39, 0.29) is 0 Å². The highest BCUT2D eigenvalue weighted by atomic mass is 16.5. The van der Waals surface area contributed by atoms with E-state index in [1.165, 1.54) is 16.3 Å². The van der Waals surface area contributed by atoms with Gasteiger partial charge in [0.2, 0.25) is 0 Å². The molecule has 0 N–H and O–H groups in total. The van der Waals surface area contributed by atoms with E-state index in [1.54, 1.807) is 0 Å². The summed E-state index contributed by atoms with van der Waals surface area (Å²) in [6.07, 6.45) is 0. The van der Waals surface area contributed by atoms with Crippen molar-refractivity contribution in [1.29, 1.82) is 0 Å². The van der Waals surface area contributed by atoms with Gasteiger partial charge in [-0.15, -0.1) is 0 Å². The van der Waals surface area contributed by atoms with Crippen molar-refractivity contribution < 1.29 is 4.74 Å². The summed E-state index contributed by atoms with van der Waals surface area (Å²) in [5, 5.41) is 2.67. The van der Waals surface area contributed by atoms with Gasteiger partial charge in [-0.3, -0.25) is 9.80 Å². The van der Waals surface area contributed by atoms with Crippen molar-refractivity contribution >= 4 is 10.8 Å². The Morgan fingerprint density at radius 3 is 2.41 bits per heavy atom. The van der Waals surface area contributed by atoms with Crippen molar-refractivity contribution in [2.45, 2.75) is 13.5 Å². The van der Waals surface area contributed by atoms with Crippen molar-refractivity contribution in [3.63, 3.8) is 0 Å². The van der Waals surface area contributed by atoms with E-state index in [4.69, 9.17) is 4.74 Å². The highest BCUT2D eigenvalue weighted by molar-refractivity contribution is 5.82. The van der Waals surface area contributed by atoms with E-state index in [1.807, 2.05) is 0 Å². The molecule has 118 valence electrons. The van der Waals surface area contributed by atoms with Crippen molar-refractivity contribution in [3.05, 3.63) is 48.0 Å². The minimum absolute atomic E-state index is 0.821. The van der Waals surface area contributed by atoms with Crippen LogP contribution in [0.1, 0.15) is 12.5 Å². The normalized spacial score (nSPS) is 17.1. The zero-order valence-electron chi connectivity index (χ0n) is 13.5. The van der Waals surface area contributed by atoms with E-state index in [2.05, 4.69) is 59.2 Å². The van der Waals surface area contributed by atoms with Gasteiger partial charge in [-0.1, -0.05) is 36.4 Å². The molecule has 1 fully saturated rings. The fraction of sp³-hybridized carbons (Fsp3) is 0.474. The van der Waals surface area contributed by atoms with Gasteiger partial charge >= 0.3 is 0 Å². The van der Waals surface area contributed by atoms with Gasteiger partial charge in [-0.25, -0.2) is 0 Å². The van der Waals surface area contributed by atoms with E-state index < -0.39 is 0 Å². The second kappa shape index (κ2) is 7.73. The lowest BCUT2D eigenvalue weighted by atomic mass is 10.1. The standard InChI is InChI=1S/C19H26N2O/c1-2-22-14-13-20-9-11-21(12-10-20)16-17-7-8-18-5-3-4-6-19(18)15-17/h3-8,15H,2,9-14,16H2,1H3. The molecule has 1 saturated heterocycles. The molecule has 1 heterocycles. The zero-order chi connectivity index (χ0) is 15.2. The smallest absolute Gasteiger partial charge is 0.0593 e. The molecule has 3 heteroatoms. The lowest BCUT2D eigenvalue weighted by Gasteiger charge is -2.34. The summed E-state index contributed by atoms with van der Waals surface area (Å²) in [6, 6.07) is 15.4. The predicted molar refractivity (Wildman–Crippen MR) is 92.2 cm³/mol. The van der Waals surface area contributed by atoms with Gasteiger partial charge in [-0.05, 0) is 29.3 Å². The Bertz CT molecular complexity index is 591. The Balaban J connectivity index is 1.51. The maximum atomic E-state index is 5.44. The molecule has 3 rings (SSSR count). The quantitative estimate of drug-likeness (QED) is 0.763. The Morgan fingerprint density at radius 1 is 0.909 bits per heavy atom. The first kappa shape index (κ1) is 15.5. The molecule has 0 atom stereocenters. The molecule has 0 bridgehead atoms. The summed E-state index contributed by atoms with van der Waals surface area (Å²) in [5.41, 5.74) is 1.42. The molecule has 0 radical (unpaired) electrons. The fourth-order valence-electron chi connectivity index (χ4n) is 3.10. The Hall–Kier alpha value is -1.42. The molecule has 0 unspecified atom stereocenters. The number of rotatable bonds is 6. The summed E-state index contributed by atoms with van der Waals surface area (Å²) in [5.74, 6) is 0. The number of ether oxygens (including phenoxy) is 1. The van der Waals surface area contributed by atoms with E-state index in [0.717, 1.165) is 52.5 Å². The molecule has 1 aliphatic heterocycles. The Morgan fingerprint density at radius 2 is 1.64 bits per heavy atom. The molecule has 0 saturated carbocycles. The van der Waals surface area contributed by atoms with Gasteiger partial charge in [-0.2, -0.15) is 0 Å². The largest absolute Gasteiger partial charge is 0.380 e. The third kappa shape index (κ3) is 4.07. The minimum atomic E-state index is 0.821. The molecule has 0 aromatic heterocycles. The van der Waals surface area contributed by atoms with Crippen LogP contribution in [0.15, 0.2) is 42.5 Å². The molecule has 0 amide bonds. The zero-order valence-corrected chi connectivity index (χ0v) is 13.5. The van der Waals surface area contributed by atoms with Crippen LogP contribution in [-0.4, -0.2) is 55.7 Å². The fourth-order valence-corrected chi connectivity index (χ4v) is 3.10.